The van der Waals surface area contributed by atoms with E-state index in [1.165, 1.54) is 0 Å². The molecule has 2 heteroatoms. The van der Waals surface area contributed by atoms with Crippen molar-refractivity contribution in [2.24, 2.45) is 0 Å². The molecular formula is C11H14O2. The van der Waals surface area contributed by atoms with Crippen LogP contribution in [-0.2, 0) is 0 Å². The SMILES string of the molecule is C=C(C)c1cc(OC)c(C)cc1O. The Morgan fingerprint density at radius 2 is 2.08 bits per heavy atom. The van der Waals surface area contributed by atoms with Crippen molar-refractivity contribution in [3.63, 3.8) is 0 Å². The molecule has 0 aliphatic heterocycles. The highest BCUT2D eigenvalue weighted by Gasteiger charge is 2.06. The first-order chi connectivity index (χ1) is 6.06. The molecule has 70 valence electrons. The lowest BCUT2D eigenvalue weighted by molar-refractivity contribution is 0.408. The minimum Gasteiger partial charge on any atom is -0.507 e. The third-order valence-corrected chi connectivity index (χ3v) is 1.97. The van der Waals surface area contributed by atoms with Gasteiger partial charge >= 0.3 is 0 Å². The lowest BCUT2D eigenvalue weighted by Crippen LogP contribution is -1.89. The summed E-state index contributed by atoms with van der Waals surface area (Å²) in [7, 11) is 1.61. The molecule has 0 aliphatic rings. The Bertz CT molecular complexity index is 340. The third-order valence-electron chi connectivity index (χ3n) is 1.97. The molecule has 0 aliphatic carbocycles. The van der Waals surface area contributed by atoms with E-state index in [0.717, 1.165) is 22.4 Å². The molecule has 13 heavy (non-hydrogen) atoms. The summed E-state index contributed by atoms with van der Waals surface area (Å²) in [5.74, 6) is 1.03. The smallest absolute Gasteiger partial charge is 0.123 e. The van der Waals surface area contributed by atoms with E-state index in [2.05, 4.69) is 6.58 Å². The van der Waals surface area contributed by atoms with Gasteiger partial charge in [-0.25, -0.2) is 0 Å². The lowest BCUT2D eigenvalue weighted by atomic mass is 10.0. The van der Waals surface area contributed by atoms with E-state index in [1.54, 1.807) is 19.2 Å². The summed E-state index contributed by atoms with van der Waals surface area (Å²) < 4.78 is 5.14. The van der Waals surface area contributed by atoms with Gasteiger partial charge in [0, 0.05) is 5.56 Å². The van der Waals surface area contributed by atoms with E-state index in [0.29, 0.717) is 0 Å². The topological polar surface area (TPSA) is 29.5 Å². The van der Waals surface area contributed by atoms with Crippen LogP contribution in [0, 0.1) is 6.92 Å². The van der Waals surface area contributed by atoms with Crippen molar-refractivity contribution >= 4 is 5.57 Å². The van der Waals surface area contributed by atoms with Crippen LogP contribution in [0.2, 0.25) is 0 Å². The van der Waals surface area contributed by atoms with Gasteiger partial charge in [-0.3, -0.25) is 0 Å². The summed E-state index contributed by atoms with van der Waals surface area (Å²) in [4.78, 5) is 0. The lowest BCUT2D eigenvalue weighted by Gasteiger charge is -2.09. The van der Waals surface area contributed by atoms with Crippen LogP contribution < -0.4 is 4.74 Å². The molecule has 0 unspecified atom stereocenters. The molecule has 1 N–H and O–H groups in total. The van der Waals surface area contributed by atoms with Crippen molar-refractivity contribution in [2.45, 2.75) is 13.8 Å². The number of aryl methyl sites for hydroxylation is 1. The maximum Gasteiger partial charge on any atom is 0.123 e. The standard InChI is InChI=1S/C11H14O2/c1-7(2)9-6-11(13-4)8(3)5-10(9)12/h5-6,12H,1H2,2-4H3. The molecule has 0 saturated heterocycles. The molecule has 0 aromatic heterocycles. The van der Waals surface area contributed by atoms with Crippen molar-refractivity contribution in [1.29, 1.82) is 0 Å². The van der Waals surface area contributed by atoms with Gasteiger partial charge in [-0.15, -0.1) is 0 Å². The number of ether oxygens (including phenoxy) is 1. The maximum atomic E-state index is 9.57. The number of phenolic OH excluding ortho intramolecular Hbond substituents is 1. The van der Waals surface area contributed by atoms with Crippen molar-refractivity contribution in [2.75, 3.05) is 7.11 Å². The van der Waals surface area contributed by atoms with E-state index in [4.69, 9.17) is 4.74 Å². The molecule has 0 atom stereocenters. The zero-order valence-corrected chi connectivity index (χ0v) is 8.22. The van der Waals surface area contributed by atoms with E-state index >= 15 is 0 Å². The Labute approximate surface area is 78.5 Å². The van der Waals surface area contributed by atoms with Crippen LogP contribution in [-0.4, -0.2) is 12.2 Å². The quantitative estimate of drug-likeness (QED) is 0.754. The monoisotopic (exact) mass is 178 g/mol. The van der Waals surface area contributed by atoms with Crippen molar-refractivity contribution in [3.05, 3.63) is 29.8 Å². The summed E-state index contributed by atoms with van der Waals surface area (Å²) in [6.45, 7) is 7.52. The number of rotatable bonds is 2. The van der Waals surface area contributed by atoms with Crippen LogP contribution in [0.3, 0.4) is 0 Å². The van der Waals surface area contributed by atoms with Crippen molar-refractivity contribution < 1.29 is 9.84 Å². The summed E-state index contributed by atoms with van der Waals surface area (Å²) >= 11 is 0. The predicted molar refractivity (Wildman–Crippen MR) is 54.1 cm³/mol. The second-order valence-electron chi connectivity index (χ2n) is 3.12. The highest BCUT2D eigenvalue weighted by molar-refractivity contribution is 5.69. The Kier molecular flexibility index (Phi) is 2.61. The molecule has 0 amide bonds. The molecule has 0 spiro atoms. The van der Waals surface area contributed by atoms with Crippen LogP contribution in [0.25, 0.3) is 5.57 Å². The van der Waals surface area contributed by atoms with Gasteiger partial charge in [-0.1, -0.05) is 6.58 Å². The second kappa shape index (κ2) is 3.52. The molecular weight excluding hydrogens is 164 g/mol. The first-order valence-corrected chi connectivity index (χ1v) is 4.09. The first kappa shape index (κ1) is 9.65. The molecule has 0 radical (unpaired) electrons. The van der Waals surface area contributed by atoms with Gasteiger partial charge in [0.1, 0.15) is 11.5 Å². The van der Waals surface area contributed by atoms with E-state index in [-0.39, 0.29) is 5.75 Å². The first-order valence-electron chi connectivity index (χ1n) is 4.09. The maximum absolute atomic E-state index is 9.57. The largest absolute Gasteiger partial charge is 0.507 e. The van der Waals surface area contributed by atoms with E-state index in [9.17, 15) is 5.11 Å². The molecule has 2 nitrogen and oxygen atoms in total. The van der Waals surface area contributed by atoms with Crippen LogP contribution in [0.1, 0.15) is 18.1 Å². The number of aromatic hydroxyl groups is 1. The zero-order chi connectivity index (χ0) is 10.0. The Morgan fingerprint density at radius 3 is 2.54 bits per heavy atom. The van der Waals surface area contributed by atoms with Gasteiger partial charge in [-0.05, 0) is 37.1 Å². The summed E-state index contributed by atoms with van der Waals surface area (Å²) in [5, 5.41) is 9.57. The minimum absolute atomic E-state index is 0.255. The Morgan fingerprint density at radius 1 is 1.46 bits per heavy atom. The molecule has 0 saturated carbocycles. The summed E-state index contributed by atoms with van der Waals surface area (Å²) in [5.41, 5.74) is 2.49. The zero-order valence-electron chi connectivity index (χ0n) is 8.22. The number of hydrogen-bond donors (Lipinski definition) is 1. The number of methoxy groups -OCH3 is 1. The van der Waals surface area contributed by atoms with Gasteiger partial charge in [0.15, 0.2) is 0 Å². The fourth-order valence-corrected chi connectivity index (χ4v) is 1.23. The fraction of sp³-hybridized carbons (Fsp3) is 0.273. The van der Waals surface area contributed by atoms with Gasteiger partial charge in [0.05, 0.1) is 7.11 Å². The molecule has 1 rings (SSSR count). The number of allylic oxidation sites excluding steroid dienone is 1. The normalized spacial score (nSPS) is 9.77. The third kappa shape index (κ3) is 1.83. The summed E-state index contributed by atoms with van der Waals surface area (Å²) in [6, 6.07) is 3.48. The Hall–Kier alpha value is -1.44. The number of hydrogen-bond acceptors (Lipinski definition) is 2. The van der Waals surface area contributed by atoms with Crippen molar-refractivity contribution in [3.8, 4) is 11.5 Å². The molecule has 0 fully saturated rings. The highest BCUT2D eigenvalue weighted by atomic mass is 16.5. The second-order valence-corrected chi connectivity index (χ2v) is 3.12. The average molecular weight is 178 g/mol. The Balaban J connectivity index is 3.30. The van der Waals surface area contributed by atoms with Crippen LogP contribution in [0.5, 0.6) is 11.5 Å². The van der Waals surface area contributed by atoms with Gasteiger partial charge in [0.25, 0.3) is 0 Å². The number of benzene rings is 1. The van der Waals surface area contributed by atoms with Crippen LogP contribution in [0.4, 0.5) is 0 Å². The highest BCUT2D eigenvalue weighted by Crippen LogP contribution is 2.31. The van der Waals surface area contributed by atoms with Gasteiger partial charge in [0.2, 0.25) is 0 Å². The fourth-order valence-electron chi connectivity index (χ4n) is 1.23. The molecule has 0 heterocycles. The molecule has 1 aromatic rings. The van der Waals surface area contributed by atoms with Crippen LogP contribution in [0.15, 0.2) is 18.7 Å². The molecule has 0 bridgehead atoms. The predicted octanol–water partition coefficient (Wildman–Crippen LogP) is 2.74. The van der Waals surface area contributed by atoms with Crippen molar-refractivity contribution in [1.82, 2.24) is 0 Å². The van der Waals surface area contributed by atoms with Gasteiger partial charge in [-0.2, -0.15) is 0 Å². The van der Waals surface area contributed by atoms with Crippen LogP contribution >= 0.6 is 0 Å². The van der Waals surface area contributed by atoms with E-state index < -0.39 is 0 Å². The minimum atomic E-state index is 0.255. The molecule has 1 aromatic carbocycles. The van der Waals surface area contributed by atoms with Gasteiger partial charge < -0.3 is 9.84 Å². The van der Waals surface area contributed by atoms with E-state index in [1.807, 2.05) is 13.8 Å². The summed E-state index contributed by atoms with van der Waals surface area (Å²) in [6.07, 6.45) is 0. The average Bonchev–Trinajstić information content (AvgIpc) is 2.03. The number of phenols is 1.